The van der Waals surface area contributed by atoms with Gasteiger partial charge in [-0.15, -0.1) is 0 Å². The van der Waals surface area contributed by atoms with E-state index in [-0.39, 0.29) is 156 Å². The first-order chi connectivity index (χ1) is 2.00. The topological polar surface area (TPSA) is 86.2 Å². The van der Waals surface area contributed by atoms with Crippen molar-refractivity contribution in [3.05, 3.63) is 0 Å². The first kappa shape index (κ1) is 53.9. The molecule has 0 heterocycles. The van der Waals surface area contributed by atoms with Crippen LogP contribution < -0.4 is 71.3 Å². The molecule has 12 heteroatoms. The van der Waals surface area contributed by atoms with Gasteiger partial charge < -0.3 is 19.2 Å². The smallest absolute Gasteiger partial charge is 0.316 e. The van der Waals surface area contributed by atoms with Crippen molar-refractivity contribution in [2.45, 2.75) is 0 Å². The molecule has 0 radical (unpaired) electrons. The molecule has 0 aromatic heterocycles. The standard InChI is InChI=1S/Ba.3Li.Mg.H3O4P.2H2S.4H/c;;;;;1-5(2,3)4;;;;;;/h;;;;;(H3,1,2,3,4);2*1H2;;;;/q;3*+1;;;;;;;;/p-3. The molecule has 0 aliphatic carbocycles. The predicted octanol–water partition coefficient (Wildman–Crippen LogP) is -13.4. The zero-order valence-corrected chi connectivity index (χ0v) is 8.97. The molecule has 0 saturated carbocycles. The SMILES string of the molecule is O=P([O-])([O-])[O-].S.S.[BaH2].[Li+].[Li+].[Li+].[MgH2]. The molecule has 0 N–H and O–H groups in total. The van der Waals surface area contributed by atoms with Crippen LogP contribution in [0.2, 0.25) is 0 Å². The minimum atomic E-state index is -5.39. The molecular formula is H8BaLi3MgO4PS2. The fourth-order valence-electron chi connectivity index (χ4n) is 0. The average molecular weight is 350 g/mol. The summed E-state index contributed by atoms with van der Waals surface area (Å²) >= 11 is 0. The Bertz CT molecular complexity index is 74.4. The van der Waals surface area contributed by atoms with E-state index in [0.29, 0.717) is 0 Å². The van der Waals surface area contributed by atoms with Gasteiger partial charge in [0, 0.05) is 0 Å². The molecule has 0 aliphatic rings. The quantitative estimate of drug-likeness (QED) is 0.321. The van der Waals surface area contributed by atoms with Gasteiger partial charge >= 0.3 is 129 Å². The minimum absolute atomic E-state index is 0. The van der Waals surface area contributed by atoms with E-state index in [4.69, 9.17) is 19.2 Å². The maximum atomic E-state index is 8.55. The van der Waals surface area contributed by atoms with Crippen LogP contribution in [0.15, 0.2) is 0 Å². The molecule has 0 atom stereocenters. The summed E-state index contributed by atoms with van der Waals surface area (Å²) in [6.45, 7) is 0. The average Bonchev–Trinajstić information content (AvgIpc) is 0.722. The van der Waals surface area contributed by atoms with Crippen LogP contribution in [0.25, 0.3) is 0 Å². The normalized spacial score (nSPS) is 4.92. The summed E-state index contributed by atoms with van der Waals surface area (Å²) in [5.41, 5.74) is 0. The zero-order valence-electron chi connectivity index (χ0n) is 6.08. The van der Waals surface area contributed by atoms with Crippen molar-refractivity contribution in [2.75, 3.05) is 0 Å². The van der Waals surface area contributed by atoms with Crippen molar-refractivity contribution < 1.29 is 75.8 Å². The second-order valence-corrected chi connectivity index (χ2v) is 1.34. The largest absolute Gasteiger partial charge is 1.00 e. The van der Waals surface area contributed by atoms with Crippen LogP contribution in [0.1, 0.15) is 0 Å². The fraction of sp³-hybridized carbons (Fsp3) is 0. The maximum Gasteiger partial charge on any atom is 1.00 e. The third kappa shape index (κ3) is 119. The van der Waals surface area contributed by atoms with Gasteiger partial charge in [-0.2, -0.15) is 34.8 Å². The summed E-state index contributed by atoms with van der Waals surface area (Å²) in [4.78, 5) is 25.6. The van der Waals surface area contributed by atoms with Crippen LogP contribution in [0.3, 0.4) is 0 Å². The van der Waals surface area contributed by atoms with E-state index in [2.05, 4.69) is 0 Å². The van der Waals surface area contributed by atoms with E-state index in [1.54, 1.807) is 0 Å². The van der Waals surface area contributed by atoms with Crippen LogP contribution in [0, 0.1) is 0 Å². The molecule has 56 valence electrons. The summed E-state index contributed by atoms with van der Waals surface area (Å²) in [6.07, 6.45) is 0. The van der Waals surface area contributed by atoms with Crippen LogP contribution in [0.5, 0.6) is 0 Å². The van der Waals surface area contributed by atoms with Crippen molar-refractivity contribution in [1.82, 2.24) is 0 Å². The Hall–Kier alpha value is 4.94. The van der Waals surface area contributed by atoms with Crippen molar-refractivity contribution in [1.29, 1.82) is 0 Å². The second kappa shape index (κ2) is 29.7. The molecule has 0 unspecified atom stereocenters. The number of hydrogen-bond acceptors (Lipinski definition) is 4. The van der Waals surface area contributed by atoms with Crippen LogP contribution in [-0.4, -0.2) is 71.9 Å². The molecule has 0 fully saturated rings. The number of rotatable bonds is 0. The summed E-state index contributed by atoms with van der Waals surface area (Å²) in [6, 6.07) is 0. The number of hydrogen-bond donors (Lipinski definition) is 0. The van der Waals surface area contributed by atoms with Crippen molar-refractivity contribution in [3.63, 3.8) is 0 Å². The van der Waals surface area contributed by atoms with E-state index in [1.807, 2.05) is 0 Å². The van der Waals surface area contributed by atoms with Gasteiger partial charge in [0.05, 0.1) is 0 Å². The van der Waals surface area contributed by atoms with Gasteiger partial charge in [0.25, 0.3) is 0 Å². The van der Waals surface area contributed by atoms with E-state index >= 15 is 0 Å². The first-order valence-corrected chi connectivity index (χ1v) is 2.19. The van der Waals surface area contributed by atoms with E-state index in [9.17, 15) is 0 Å². The Labute approximate surface area is 178 Å². The Balaban J connectivity index is -0.00000000381. The molecule has 0 bridgehead atoms. The molecule has 0 aromatic carbocycles. The molecule has 0 amide bonds. The van der Waals surface area contributed by atoms with Crippen LogP contribution in [-0.2, 0) is 4.57 Å². The number of phosphoric acid groups is 1. The van der Waals surface area contributed by atoms with E-state index in [1.165, 1.54) is 0 Å². The van der Waals surface area contributed by atoms with Crippen LogP contribution in [0.4, 0.5) is 0 Å². The fourth-order valence-corrected chi connectivity index (χ4v) is 0. The molecular weight excluding hydrogens is 342 g/mol. The molecule has 0 aromatic rings. The van der Waals surface area contributed by atoms with Gasteiger partial charge in [-0.05, 0) is 0 Å². The predicted molar refractivity (Wildman–Crippen MR) is 45.5 cm³/mol. The second-order valence-electron chi connectivity index (χ2n) is 0.447. The monoisotopic (exact) mass is 350 g/mol. The Kier molecular flexibility index (Phi) is 133. The van der Waals surface area contributed by atoms with Gasteiger partial charge in [-0.3, -0.25) is 0 Å². The Morgan fingerprint density at radius 3 is 0.833 bits per heavy atom. The Morgan fingerprint density at radius 1 is 0.833 bits per heavy atom. The van der Waals surface area contributed by atoms with Crippen molar-refractivity contribution in [3.8, 4) is 0 Å². The van der Waals surface area contributed by atoms with Gasteiger partial charge in [-0.1, -0.05) is 0 Å². The summed E-state index contributed by atoms with van der Waals surface area (Å²) in [7, 11) is -5.39. The van der Waals surface area contributed by atoms with Gasteiger partial charge in [-0.25, -0.2) is 0 Å². The van der Waals surface area contributed by atoms with Crippen LogP contribution >= 0.6 is 34.8 Å². The third-order valence-electron chi connectivity index (χ3n) is 0. The minimum Gasteiger partial charge on any atom is 0.316 e. The molecule has 0 spiro atoms. The Morgan fingerprint density at radius 2 is 0.833 bits per heavy atom. The molecule has 0 aliphatic heterocycles. The maximum absolute atomic E-state index is 8.55. The first-order valence-electron chi connectivity index (χ1n) is 0.730. The zero-order chi connectivity index (χ0) is 4.50. The van der Waals surface area contributed by atoms with Gasteiger partial charge in [0.1, 0.15) is 0 Å². The molecule has 12 heavy (non-hydrogen) atoms. The molecule has 0 rings (SSSR count). The third-order valence-corrected chi connectivity index (χ3v) is 0. The van der Waals surface area contributed by atoms with E-state index in [0.717, 1.165) is 0 Å². The summed E-state index contributed by atoms with van der Waals surface area (Å²) in [5, 5.41) is 0. The van der Waals surface area contributed by atoms with E-state index < -0.39 is 7.82 Å². The summed E-state index contributed by atoms with van der Waals surface area (Å²) < 4.78 is 8.55. The van der Waals surface area contributed by atoms with Crippen molar-refractivity contribution >= 4 is 107 Å². The van der Waals surface area contributed by atoms with Gasteiger partial charge in [0.2, 0.25) is 0 Å². The summed E-state index contributed by atoms with van der Waals surface area (Å²) in [5.74, 6) is 0. The van der Waals surface area contributed by atoms with Crippen molar-refractivity contribution in [2.24, 2.45) is 0 Å². The molecule has 0 saturated heterocycles. The molecule has 4 nitrogen and oxygen atoms in total. The van der Waals surface area contributed by atoms with Gasteiger partial charge in [0.15, 0.2) is 0 Å².